The number of fused-ring (bicyclic) bond motifs is 1. The van der Waals surface area contributed by atoms with Crippen LogP contribution in [-0.4, -0.2) is 53.0 Å². The van der Waals surface area contributed by atoms with Crippen LogP contribution in [-0.2, 0) is 0 Å². The number of nitro groups is 1. The van der Waals surface area contributed by atoms with Gasteiger partial charge in [-0.05, 0) is 26.1 Å². The lowest BCUT2D eigenvalue weighted by Crippen LogP contribution is -2.29. The Kier molecular flexibility index (Phi) is 3.66. The van der Waals surface area contributed by atoms with Gasteiger partial charge < -0.3 is 9.80 Å². The van der Waals surface area contributed by atoms with Crippen molar-refractivity contribution in [2.24, 2.45) is 0 Å². The van der Waals surface area contributed by atoms with Crippen LogP contribution in [0.2, 0.25) is 0 Å². The van der Waals surface area contributed by atoms with Crippen molar-refractivity contribution in [1.82, 2.24) is 14.9 Å². The molecule has 7 nitrogen and oxygen atoms in total. The molecule has 0 amide bonds. The maximum atomic E-state index is 10.8. The maximum absolute atomic E-state index is 10.8. The van der Waals surface area contributed by atoms with Gasteiger partial charge in [-0.25, -0.2) is 4.98 Å². The number of anilines is 1. The van der Waals surface area contributed by atoms with Crippen molar-refractivity contribution in [3.8, 4) is 0 Å². The Hall–Kier alpha value is -2.28. The summed E-state index contributed by atoms with van der Waals surface area (Å²) in [6.07, 6.45) is 2.80. The summed E-state index contributed by atoms with van der Waals surface area (Å²) < 4.78 is 0. The highest BCUT2D eigenvalue weighted by Gasteiger charge is 2.15. The molecule has 2 aromatic rings. The average molecular weight is 287 g/mol. The van der Waals surface area contributed by atoms with E-state index in [-0.39, 0.29) is 5.69 Å². The Morgan fingerprint density at radius 2 is 2.05 bits per heavy atom. The van der Waals surface area contributed by atoms with Gasteiger partial charge in [-0.2, -0.15) is 0 Å². The van der Waals surface area contributed by atoms with Crippen molar-refractivity contribution in [1.29, 1.82) is 0 Å². The van der Waals surface area contributed by atoms with Crippen molar-refractivity contribution < 1.29 is 4.92 Å². The molecule has 0 spiro atoms. The molecule has 0 saturated carbocycles. The van der Waals surface area contributed by atoms with Crippen molar-refractivity contribution in [3.63, 3.8) is 0 Å². The van der Waals surface area contributed by atoms with E-state index in [0.29, 0.717) is 11.0 Å². The minimum atomic E-state index is -0.417. The first-order chi connectivity index (χ1) is 10.1. The zero-order chi connectivity index (χ0) is 14.8. The lowest BCUT2D eigenvalue weighted by Gasteiger charge is -2.21. The summed E-state index contributed by atoms with van der Waals surface area (Å²) in [4.78, 5) is 23.8. The van der Waals surface area contributed by atoms with Crippen LogP contribution in [0, 0.1) is 10.1 Å². The largest absolute Gasteiger partial charge is 0.354 e. The van der Waals surface area contributed by atoms with E-state index < -0.39 is 4.92 Å². The average Bonchev–Trinajstić information content (AvgIpc) is 2.71. The van der Waals surface area contributed by atoms with Crippen LogP contribution in [0.5, 0.6) is 0 Å². The third kappa shape index (κ3) is 2.92. The van der Waals surface area contributed by atoms with E-state index in [1.165, 1.54) is 12.1 Å². The van der Waals surface area contributed by atoms with Gasteiger partial charge in [0.05, 0.1) is 22.2 Å². The molecule has 0 unspecified atom stereocenters. The first kappa shape index (κ1) is 13.7. The second-order valence-corrected chi connectivity index (χ2v) is 5.30. The van der Waals surface area contributed by atoms with Gasteiger partial charge in [0.15, 0.2) is 0 Å². The van der Waals surface area contributed by atoms with Gasteiger partial charge in [-0.1, -0.05) is 0 Å². The maximum Gasteiger partial charge on any atom is 0.271 e. The fraction of sp³-hybridized carbons (Fsp3) is 0.429. The molecule has 7 heteroatoms. The molecule has 21 heavy (non-hydrogen) atoms. The minimum Gasteiger partial charge on any atom is -0.354 e. The molecule has 1 saturated heterocycles. The van der Waals surface area contributed by atoms with Crippen LogP contribution < -0.4 is 4.90 Å². The number of hydrogen-bond acceptors (Lipinski definition) is 6. The minimum absolute atomic E-state index is 0.0425. The molecule has 0 N–H and O–H groups in total. The summed E-state index contributed by atoms with van der Waals surface area (Å²) in [6.45, 7) is 3.96. The van der Waals surface area contributed by atoms with Gasteiger partial charge in [0, 0.05) is 31.8 Å². The van der Waals surface area contributed by atoms with Gasteiger partial charge in [0.25, 0.3) is 5.69 Å². The van der Waals surface area contributed by atoms with Gasteiger partial charge >= 0.3 is 0 Å². The van der Waals surface area contributed by atoms with Crippen molar-refractivity contribution >= 4 is 22.5 Å². The van der Waals surface area contributed by atoms with Crippen molar-refractivity contribution in [2.45, 2.75) is 6.42 Å². The van der Waals surface area contributed by atoms with E-state index in [1.54, 1.807) is 12.3 Å². The fourth-order valence-corrected chi connectivity index (χ4v) is 2.53. The molecular weight excluding hydrogens is 270 g/mol. The fourth-order valence-electron chi connectivity index (χ4n) is 2.53. The van der Waals surface area contributed by atoms with Crippen LogP contribution in [0.15, 0.2) is 24.4 Å². The zero-order valence-corrected chi connectivity index (χ0v) is 11.9. The molecule has 0 radical (unpaired) electrons. The van der Waals surface area contributed by atoms with E-state index in [2.05, 4.69) is 26.8 Å². The molecule has 110 valence electrons. The number of likely N-dealkylation sites (N-methyl/N-ethyl adjacent to an activating group) is 1. The summed E-state index contributed by atoms with van der Waals surface area (Å²) in [5, 5.41) is 10.8. The van der Waals surface area contributed by atoms with E-state index in [0.717, 1.165) is 38.4 Å². The Morgan fingerprint density at radius 1 is 1.19 bits per heavy atom. The second kappa shape index (κ2) is 5.61. The first-order valence-electron chi connectivity index (χ1n) is 6.98. The highest BCUT2D eigenvalue weighted by atomic mass is 16.6. The molecule has 1 fully saturated rings. The summed E-state index contributed by atoms with van der Waals surface area (Å²) >= 11 is 0. The molecule has 1 aromatic heterocycles. The summed E-state index contributed by atoms with van der Waals surface area (Å²) in [6, 6.07) is 4.59. The zero-order valence-electron chi connectivity index (χ0n) is 11.9. The summed E-state index contributed by atoms with van der Waals surface area (Å²) in [7, 11) is 2.12. The van der Waals surface area contributed by atoms with Crippen LogP contribution in [0.1, 0.15) is 6.42 Å². The predicted octanol–water partition coefficient (Wildman–Crippen LogP) is 1.68. The third-order valence-electron chi connectivity index (χ3n) is 3.77. The van der Waals surface area contributed by atoms with Gasteiger partial charge in [0.1, 0.15) is 5.82 Å². The third-order valence-corrected chi connectivity index (χ3v) is 3.77. The normalized spacial score (nSPS) is 16.9. The molecule has 3 rings (SSSR count). The van der Waals surface area contributed by atoms with E-state index in [4.69, 9.17) is 0 Å². The smallest absolute Gasteiger partial charge is 0.271 e. The monoisotopic (exact) mass is 287 g/mol. The Labute approximate surface area is 122 Å². The van der Waals surface area contributed by atoms with E-state index >= 15 is 0 Å². The molecule has 2 heterocycles. The molecule has 1 aliphatic heterocycles. The SMILES string of the molecule is CN1CCCN(c2cnc3cc([N+](=O)[O-])ccc3n2)CC1. The van der Waals surface area contributed by atoms with Crippen LogP contribution in [0.25, 0.3) is 11.0 Å². The predicted molar refractivity (Wildman–Crippen MR) is 80.5 cm³/mol. The molecule has 1 aromatic carbocycles. The van der Waals surface area contributed by atoms with Crippen LogP contribution in [0.4, 0.5) is 11.5 Å². The molecular formula is C14H17N5O2. The van der Waals surface area contributed by atoms with Crippen molar-refractivity contribution in [2.75, 3.05) is 38.1 Å². The van der Waals surface area contributed by atoms with Gasteiger partial charge in [-0.3, -0.25) is 15.1 Å². The molecule has 0 aliphatic carbocycles. The second-order valence-electron chi connectivity index (χ2n) is 5.30. The highest BCUT2D eigenvalue weighted by Crippen LogP contribution is 2.21. The number of non-ortho nitro benzene ring substituents is 1. The number of hydrogen-bond donors (Lipinski definition) is 0. The summed E-state index contributed by atoms with van der Waals surface area (Å²) in [5.74, 6) is 0.839. The Balaban J connectivity index is 1.90. The molecule has 0 atom stereocenters. The quantitative estimate of drug-likeness (QED) is 0.618. The lowest BCUT2D eigenvalue weighted by molar-refractivity contribution is -0.384. The number of aromatic nitrogens is 2. The Bertz CT molecular complexity index is 675. The van der Waals surface area contributed by atoms with Crippen molar-refractivity contribution in [3.05, 3.63) is 34.5 Å². The Morgan fingerprint density at radius 3 is 2.86 bits per heavy atom. The van der Waals surface area contributed by atoms with E-state index in [9.17, 15) is 10.1 Å². The number of nitrogens with zero attached hydrogens (tertiary/aromatic N) is 5. The molecule has 0 bridgehead atoms. The summed E-state index contributed by atoms with van der Waals surface area (Å²) in [5.41, 5.74) is 1.29. The lowest BCUT2D eigenvalue weighted by atomic mass is 10.2. The number of nitro benzene ring substituents is 1. The highest BCUT2D eigenvalue weighted by molar-refractivity contribution is 5.78. The number of benzene rings is 1. The van der Waals surface area contributed by atoms with Crippen LogP contribution in [0.3, 0.4) is 0 Å². The first-order valence-corrected chi connectivity index (χ1v) is 6.98. The molecule has 1 aliphatic rings. The standard InChI is InChI=1S/C14H17N5O2/c1-17-5-2-6-18(8-7-17)14-10-15-13-9-11(19(20)21)3-4-12(13)16-14/h3-4,9-10H,2,5-8H2,1H3. The van der Waals surface area contributed by atoms with Gasteiger partial charge in [-0.15, -0.1) is 0 Å². The number of rotatable bonds is 2. The topological polar surface area (TPSA) is 75.4 Å². The van der Waals surface area contributed by atoms with Crippen LogP contribution >= 0.6 is 0 Å². The van der Waals surface area contributed by atoms with Gasteiger partial charge in [0.2, 0.25) is 0 Å². The van der Waals surface area contributed by atoms with E-state index in [1.807, 2.05) is 0 Å².